The predicted molar refractivity (Wildman–Crippen MR) is 93.7 cm³/mol. The fourth-order valence-electron chi connectivity index (χ4n) is 2.61. The zero-order valence-corrected chi connectivity index (χ0v) is 15.0. The van der Waals surface area contributed by atoms with Crippen LogP contribution in [0.4, 0.5) is 5.69 Å². The van der Waals surface area contributed by atoms with Crippen molar-refractivity contribution < 1.29 is 24.0 Å². The van der Waals surface area contributed by atoms with E-state index in [1.54, 1.807) is 36.1 Å². The van der Waals surface area contributed by atoms with Gasteiger partial charge in [-0.15, -0.1) is 0 Å². The highest BCUT2D eigenvalue weighted by atomic mass is 16.5. The number of ketones is 1. The van der Waals surface area contributed by atoms with Crippen molar-refractivity contribution in [3.05, 3.63) is 29.8 Å². The van der Waals surface area contributed by atoms with Gasteiger partial charge < -0.3 is 19.9 Å². The van der Waals surface area contributed by atoms with Crippen molar-refractivity contribution in [2.45, 2.75) is 19.9 Å². The number of anilines is 1. The Morgan fingerprint density at radius 2 is 1.96 bits per heavy atom. The minimum atomic E-state index is -0.397. The number of benzene rings is 1. The van der Waals surface area contributed by atoms with Crippen molar-refractivity contribution in [2.24, 2.45) is 0 Å². The number of Topliss-reactive ketones (excluding diaryl/α,β-unsaturated/α-hetero) is 1. The maximum atomic E-state index is 12.4. The lowest BCUT2D eigenvalue weighted by Crippen LogP contribution is -3.15. The van der Waals surface area contributed by atoms with Gasteiger partial charge in [0.15, 0.2) is 18.4 Å². The quantitative estimate of drug-likeness (QED) is 0.685. The van der Waals surface area contributed by atoms with E-state index in [1.165, 1.54) is 6.92 Å². The maximum Gasteiger partial charge on any atom is 0.282 e. The second-order valence-corrected chi connectivity index (χ2v) is 6.36. The molecule has 7 heteroatoms. The fraction of sp³-hybridized carbons (Fsp3) is 0.500. The number of carbonyl (C=O) groups excluding carboxylic acids is 3. The Kier molecular flexibility index (Phi) is 6.66. The normalized spacial score (nSPS) is 16.8. The van der Waals surface area contributed by atoms with Crippen LogP contribution < -0.4 is 10.2 Å². The lowest BCUT2D eigenvalue weighted by molar-refractivity contribution is -0.886. The highest BCUT2D eigenvalue weighted by molar-refractivity contribution is 5.98. The third-order valence-electron chi connectivity index (χ3n) is 4.46. The minimum Gasteiger partial charge on any atom is -0.378 e. The molecule has 1 heterocycles. The summed E-state index contributed by atoms with van der Waals surface area (Å²) in [5.74, 6) is -0.213. The second kappa shape index (κ2) is 8.73. The van der Waals surface area contributed by atoms with Gasteiger partial charge in [0.2, 0.25) is 0 Å². The van der Waals surface area contributed by atoms with E-state index in [0.29, 0.717) is 37.6 Å². The Morgan fingerprint density at radius 3 is 2.60 bits per heavy atom. The number of hydrogen-bond donors (Lipinski definition) is 2. The van der Waals surface area contributed by atoms with Gasteiger partial charge in [-0.3, -0.25) is 14.4 Å². The zero-order valence-electron chi connectivity index (χ0n) is 15.0. The van der Waals surface area contributed by atoms with Crippen LogP contribution in [0, 0.1) is 0 Å². The van der Waals surface area contributed by atoms with Crippen molar-refractivity contribution in [3.8, 4) is 0 Å². The summed E-state index contributed by atoms with van der Waals surface area (Å²) in [5.41, 5.74) is 1.13. The van der Waals surface area contributed by atoms with Gasteiger partial charge in [0.25, 0.3) is 11.8 Å². The standard InChI is InChI=1S/C18H25N3O4/c1-13(20(3)12-17(23)21-7-9-25-10-8-21)18(24)19-16-6-4-5-15(11-16)14(2)22/h4-6,11,13H,7-10,12H2,1-3H3,(H,19,24)/p+1/t13-/m0/s1. The summed E-state index contributed by atoms with van der Waals surface area (Å²) in [6.45, 7) is 5.85. The molecule has 1 aliphatic rings. The first-order valence-corrected chi connectivity index (χ1v) is 8.48. The van der Waals surface area contributed by atoms with Crippen LogP contribution in [0.25, 0.3) is 0 Å². The Balaban J connectivity index is 1.91. The monoisotopic (exact) mass is 348 g/mol. The highest BCUT2D eigenvalue weighted by Gasteiger charge is 2.27. The van der Waals surface area contributed by atoms with Gasteiger partial charge in [-0.05, 0) is 26.0 Å². The summed E-state index contributed by atoms with van der Waals surface area (Å²) in [4.78, 5) is 38.7. The van der Waals surface area contributed by atoms with Gasteiger partial charge >= 0.3 is 0 Å². The van der Waals surface area contributed by atoms with E-state index in [9.17, 15) is 14.4 Å². The average molecular weight is 348 g/mol. The van der Waals surface area contributed by atoms with Crippen molar-refractivity contribution in [2.75, 3.05) is 45.2 Å². The molecule has 0 saturated carbocycles. The lowest BCUT2D eigenvalue weighted by atomic mass is 10.1. The van der Waals surface area contributed by atoms with E-state index in [2.05, 4.69) is 5.32 Å². The number of amides is 2. The molecule has 2 amide bonds. The number of nitrogens with one attached hydrogen (secondary N) is 2. The SMILES string of the molecule is CC(=O)c1cccc(NC(=O)[C@H](C)[NH+](C)CC(=O)N2CCOCC2)c1. The van der Waals surface area contributed by atoms with Crippen LogP contribution in [0.2, 0.25) is 0 Å². The third kappa shape index (κ3) is 5.37. The number of likely N-dealkylation sites (N-methyl/N-ethyl adjacent to an activating group) is 1. The predicted octanol–water partition coefficient (Wildman–Crippen LogP) is -0.410. The molecule has 1 aromatic rings. The first kappa shape index (κ1) is 19.1. The number of morpholine rings is 1. The van der Waals surface area contributed by atoms with Crippen LogP contribution in [0.15, 0.2) is 24.3 Å². The molecule has 2 atom stereocenters. The van der Waals surface area contributed by atoms with Crippen LogP contribution in [-0.2, 0) is 14.3 Å². The average Bonchev–Trinajstić information content (AvgIpc) is 2.61. The molecular weight excluding hydrogens is 322 g/mol. The van der Waals surface area contributed by atoms with E-state index in [-0.39, 0.29) is 24.1 Å². The molecule has 1 saturated heterocycles. The molecule has 0 bridgehead atoms. The number of hydrogen-bond acceptors (Lipinski definition) is 4. The molecule has 0 aromatic heterocycles. The third-order valence-corrected chi connectivity index (χ3v) is 4.46. The number of rotatable bonds is 6. The lowest BCUT2D eigenvalue weighted by Gasteiger charge is -2.28. The Labute approximate surface area is 147 Å². The Hall–Kier alpha value is -2.25. The summed E-state index contributed by atoms with van der Waals surface area (Å²) in [6.07, 6.45) is 0. The first-order valence-electron chi connectivity index (χ1n) is 8.48. The molecule has 136 valence electrons. The van der Waals surface area contributed by atoms with Crippen molar-refractivity contribution in [1.82, 2.24) is 4.90 Å². The minimum absolute atomic E-state index is 0.0269. The molecule has 1 aliphatic heterocycles. The van der Waals surface area contributed by atoms with E-state index >= 15 is 0 Å². The molecule has 1 aromatic carbocycles. The van der Waals surface area contributed by atoms with Gasteiger partial charge in [-0.1, -0.05) is 12.1 Å². The Morgan fingerprint density at radius 1 is 1.28 bits per heavy atom. The van der Waals surface area contributed by atoms with E-state index in [4.69, 9.17) is 4.74 Å². The number of nitrogens with zero attached hydrogens (tertiary/aromatic N) is 1. The van der Waals surface area contributed by atoms with Crippen LogP contribution in [0.5, 0.6) is 0 Å². The van der Waals surface area contributed by atoms with Crippen LogP contribution in [0.3, 0.4) is 0 Å². The van der Waals surface area contributed by atoms with Gasteiger partial charge in [-0.25, -0.2) is 0 Å². The van der Waals surface area contributed by atoms with Crippen molar-refractivity contribution >= 4 is 23.3 Å². The van der Waals surface area contributed by atoms with Crippen LogP contribution in [-0.4, -0.2) is 68.4 Å². The van der Waals surface area contributed by atoms with E-state index in [0.717, 1.165) is 4.90 Å². The second-order valence-electron chi connectivity index (χ2n) is 6.36. The van der Waals surface area contributed by atoms with Crippen LogP contribution >= 0.6 is 0 Å². The molecule has 25 heavy (non-hydrogen) atoms. The first-order chi connectivity index (χ1) is 11.9. The van der Waals surface area contributed by atoms with Crippen LogP contribution in [0.1, 0.15) is 24.2 Å². The van der Waals surface area contributed by atoms with E-state index in [1.807, 2.05) is 7.05 Å². The van der Waals surface area contributed by atoms with E-state index < -0.39 is 6.04 Å². The summed E-state index contributed by atoms with van der Waals surface area (Å²) in [5, 5.41) is 2.81. The summed E-state index contributed by atoms with van der Waals surface area (Å²) >= 11 is 0. The molecule has 2 rings (SSSR count). The van der Waals surface area contributed by atoms with Gasteiger partial charge in [0.1, 0.15) is 0 Å². The number of quaternary nitrogens is 1. The molecular formula is C18H26N3O4+. The molecule has 1 unspecified atom stereocenters. The Bertz CT molecular complexity index is 641. The summed E-state index contributed by atoms with van der Waals surface area (Å²) in [6, 6.07) is 6.44. The molecule has 2 N–H and O–H groups in total. The molecule has 1 fully saturated rings. The largest absolute Gasteiger partial charge is 0.378 e. The van der Waals surface area contributed by atoms with Crippen molar-refractivity contribution in [1.29, 1.82) is 0 Å². The van der Waals surface area contributed by atoms with Crippen molar-refractivity contribution in [3.63, 3.8) is 0 Å². The molecule has 0 aliphatic carbocycles. The summed E-state index contributed by atoms with van der Waals surface area (Å²) < 4.78 is 5.24. The van der Waals surface area contributed by atoms with Gasteiger partial charge in [0, 0.05) is 24.3 Å². The molecule has 0 radical (unpaired) electrons. The highest BCUT2D eigenvalue weighted by Crippen LogP contribution is 2.11. The van der Waals surface area contributed by atoms with Gasteiger partial charge in [-0.2, -0.15) is 0 Å². The zero-order chi connectivity index (χ0) is 18.4. The number of carbonyl (C=O) groups is 3. The molecule has 0 spiro atoms. The smallest absolute Gasteiger partial charge is 0.282 e. The van der Waals surface area contributed by atoms with Gasteiger partial charge in [0.05, 0.1) is 20.3 Å². The fourth-order valence-corrected chi connectivity index (χ4v) is 2.61. The number of ether oxygens (including phenoxy) is 1. The molecule has 7 nitrogen and oxygen atoms in total. The summed E-state index contributed by atoms with van der Waals surface area (Å²) in [7, 11) is 1.83. The topological polar surface area (TPSA) is 80.2 Å². The maximum absolute atomic E-state index is 12.4.